The molecule has 51 heavy (non-hydrogen) atoms. The second kappa shape index (κ2) is 36.4. The predicted molar refractivity (Wildman–Crippen MR) is 214 cm³/mol. The standard InChI is InChI=1S/C45H80O6/c1-3-5-7-9-11-13-14-15-16-17-18-19-20-21-22-24-26-28-33-37-44(47)49-39-41(46)40-50-45(48)38-34-30-29-32-36-43-42(51-43)35-31-27-25-23-12-10-8-6-4-2/h12,23,27,29,31-32,41-43,46H,3-11,13-22,24-26,28,30,33-40H2,1-2H3/b23-12-,31-27-,32-29-/t41-,42?,43?/m1/s1. The Balaban J connectivity index is 1.83. The van der Waals surface area contributed by atoms with Crippen molar-refractivity contribution in [2.45, 2.75) is 225 Å². The first-order chi connectivity index (χ1) is 25.1. The molecule has 296 valence electrons. The van der Waals surface area contributed by atoms with Crippen LogP contribution in [0.5, 0.6) is 0 Å². The summed E-state index contributed by atoms with van der Waals surface area (Å²) in [5.74, 6) is -0.629. The zero-order valence-corrected chi connectivity index (χ0v) is 33.3. The second-order valence-electron chi connectivity index (χ2n) is 14.9. The highest BCUT2D eigenvalue weighted by atomic mass is 16.6. The minimum Gasteiger partial charge on any atom is -0.463 e. The van der Waals surface area contributed by atoms with E-state index in [0.29, 0.717) is 31.5 Å². The van der Waals surface area contributed by atoms with E-state index in [-0.39, 0.29) is 25.2 Å². The van der Waals surface area contributed by atoms with Gasteiger partial charge in [0.05, 0.1) is 12.2 Å². The van der Waals surface area contributed by atoms with Gasteiger partial charge in [-0.3, -0.25) is 9.59 Å². The number of rotatable bonds is 38. The predicted octanol–water partition coefficient (Wildman–Crippen LogP) is 12.6. The normalized spacial score (nSPS) is 16.5. The van der Waals surface area contributed by atoms with Crippen LogP contribution < -0.4 is 0 Å². The van der Waals surface area contributed by atoms with Crippen LogP contribution in [0.4, 0.5) is 0 Å². The van der Waals surface area contributed by atoms with Gasteiger partial charge >= 0.3 is 11.9 Å². The molecule has 0 radical (unpaired) electrons. The number of carbonyl (C=O) groups is 2. The first-order valence-corrected chi connectivity index (χ1v) is 21.7. The zero-order chi connectivity index (χ0) is 36.9. The topological polar surface area (TPSA) is 85.4 Å². The maximum absolute atomic E-state index is 12.0. The van der Waals surface area contributed by atoms with Gasteiger partial charge in [-0.05, 0) is 51.4 Å². The summed E-state index contributed by atoms with van der Waals surface area (Å²) in [5.41, 5.74) is 0. The Morgan fingerprint density at radius 3 is 1.39 bits per heavy atom. The Hall–Kier alpha value is -1.92. The van der Waals surface area contributed by atoms with Crippen LogP contribution in [0.3, 0.4) is 0 Å². The van der Waals surface area contributed by atoms with Crippen LogP contribution in [-0.4, -0.2) is 48.6 Å². The van der Waals surface area contributed by atoms with Gasteiger partial charge < -0.3 is 19.3 Å². The molecule has 1 aliphatic rings. The molecule has 0 spiro atoms. The van der Waals surface area contributed by atoms with Crippen molar-refractivity contribution in [2.24, 2.45) is 0 Å². The number of carbonyl (C=O) groups excluding carboxylic acids is 2. The highest BCUT2D eigenvalue weighted by Crippen LogP contribution is 2.29. The van der Waals surface area contributed by atoms with Crippen molar-refractivity contribution in [3.05, 3.63) is 36.5 Å². The number of aliphatic hydroxyl groups is 1. The maximum atomic E-state index is 12.0. The summed E-state index contributed by atoms with van der Waals surface area (Å²) in [6, 6.07) is 0. The van der Waals surface area contributed by atoms with Crippen LogP contribution in [-0.2, 0) is 23.8 Å². The fraction of sp³-hybridized carbons (Fsp3) is 0.822. The summed E-state index contributed by atoms with van der Waals surface area (Å²) >= 11 is 0. The molecule has 0 saturated carbocycles. The summed E-state index contributed by atoms with van der Waals surface area (Å²) in [4.78, 5) is 24.0. The van der Waals surface area contributed by atoms with Gasteiger partial charge in [0.25, 0.3) is 0 Å². The van der Waals surface area contributed by atoms with Crippen LogP contribution >= 0.6 is 0 Å². The number of unbranched alkanes of at least 4 members (excludes halogenated alkanes) is 22. The molecular weight excluding hydrogens is 636 g/mol. The van der Waals surface area contributed by atoms with Crippen LogP contribution in [0.25, 0.3) is 0 Å². The Bertz CT molecular complexity index is 880. The number of epoxide rings is 1. The zero-order valence-electron chi connectivity index (χ0n) is 33.3. The highest BCUT2D eigenvalue weighted by Gasteiger charge is 2.35. The van der Waals surface area contributed by atoms with Crippen molar-refractivity contribution in [1.82, 2.24) is 0 Å². The van der Waals surface area contributed by atoms with E-state index in [2.05, 4.69) is 50.3 Å². The molecule has 1 saturated heterocycles. The van der Waals surface area contributed by atoms with Gasteiger partial charge in [-0.1, -0.05) is 179 Å². The molecule has 1 N–H and O–H groups in total. The minimum atomic E-state index is -0.990. The molecule has 0 aromatic heterocycles. The molecule has 1 fully saturated rings. The van der Waals surface area contributed by atoms with E-state index in [0.717, 1.165) is 44.9 Å². The quantitative estimate of drug-likeness (QED) is 0.0296. The molecule has 0 bridgehead atoms. The SMILES string of the molecule is CCCCC/C=C\C/C=C\CC1OC1C/C=C\CCCC(=O)OC[C@H](O)COC(=O)CCCCCCCCCCCCCCCCCCCCC. The van der Waals surface area contributed by atoms with E-state index in [9.17, 15) is 14.7 Å². The molecule has 1 aliphatic heterocycles. The minimum absolute atomic E-state index is 0.135. The Kier molecular flexibility index (Phi) is 33.7. The monoisotopic (exact) mass is 717 g/mol. The third-order valence-corrected chi connectivity index (χ3v) is 9.78. The average molecular weight is 717 g/mol. The first-order valence-electron chi connectivity index (χ1n) is 21.7. The lowest BCUT2D eigenvalue weighted by Gasteiger charge is -2.12. The molecule has 1 heterocycles. The van der Waals surface area contributed by atoms with Crippen LogP contribution in [0, 0.1) is 0 Å². The molecule has 0 aromatic carbocycles. The number of allylic oxidation sites excluding steroid dienone is 4. The van der Waals surface area contributed by atoms with Crippen LogP contribution in [0.2, 0.25) is 0 Å². The molecular formula is C45H80O6. The van der Waals surface area contributed by atoms with Crippen molar-refractivity contribution in [3.8, 4) is 0 Å². The van der Waals surface area contributed by atoms with Crippen LogP contribution in [0.1, 0.15) is 206 Å². The van der Waals surface area contributed by atoms with E-state index < -0.39 is 6.10 Å². The van der Waals surface area contributed by atoms with Crippen molar-refractivity contribution in [2.75, 3.05) is 13.2 Å². The fourth-order valence-corrected chi connectivity index (χ4v) is 6.36. The second-order valence-corrected chi connectivity index (χ2v) is 14.9. The van der Waals surface area contributed by atoms with Gasteiger partial charge in [0.1, 0.15) is 19.3 Å². The smallest absolute Gasteiger partial charge is 0.305 e. The van der Waals surface area contributed by atoms with Crippen LogP contribution in [0.15, 0.2) is 36.5 Å². The maximum Gasteiger partial charge on any atom is 0.305 e. The number of aliphatic hydroxyl groups excluding tert-OH is 1. The number of esters is 2. The van der Waals surface area contributed by atoms with Gasteiger partial charge in [0.15, 0.2) is 0 Å². The largest absolute Gasteiger partial charge is 0.463 e. The molecule has 6 nitrogen and oxygen atoms in total. The third-order valence-electron chi connectivity index (χ3n) is 9.78. The number of ether oxygens (including phenoxy) is 3. The average Bonchev–Trinajstić information content (AvgIpc) is 3.89. The molecule has 0 amide bonds. The summed E-state index contributed by atoms with van der Waals surface area (Å²) in [6.07, 6.45) is 48.1. The summed E-state index contributed by atoms with van der Waals surface area (Å²) in [6.45, 7) is 4.23. The van der Waals surface area contributed by atoms with E-state index in [1.807, 2.05) is 0 Å². The number of hydrogen-bond donors (Lipinski definition) is 1. The van der Waals surface area contributed by atoms with Gasteiger partial charge in [-0.15, -0.1) is 0 Å². The van der Waals surface area contributed by atoms with Gasteiger partial charge in [-0.25, -0.2) is 0 Å². The molecule has 3 atom stereocenters. The van der Waals surface area contributed by atoms with E-state index in [4.69, 9.17) is 14.2 Å². The lowest BCUT2D eigenvalue weighted by molar-refractivity contribution is -0.152. The molecule has 6 heteroatoms. The van der Waals surface area contributed by atoms with E-state index in [1.54, 1.807) is 0 Å². The lowest BCUT2D eigenvalue weighted by atomic mass is 10.0. The van der Waals surface area contributed by atoms with E-state index >= 15 is 0 Å². The highest BCUT2D eigenvalue weighted by molar-refractivity contribution is 5.69. The van der Waals surface area contributed by atoms with Gasteiger partial charge in [0.2, 0.25) is 0 Å². The van der Waals surface area contributed by atoms with Crippen molar-refractivity contribution < 1.29 is 28.9 Å². The molecule has 2 unspecified atom stereocenters. The fourth-order valence-electron chi connectivity index (χ4n) is 6.36. The summed E-state index contributed by atoms with van der Waals surface area (Å²) in [5, 5.41) is 10.0. The Morgan fingerprint density at radius 1 is 0.510 bits per heavy atom. The van der Waals surface area contributed by atoms with Crippen molar-refractivity contribution in [3.63, 3.8) is 0 Å². The Labute approximate surface area is 314 Å². The van der Waals surface area contributed by atoms with Crippen molar-refractivity contribution >= 4 is 11.9 Å². The van der Waals surface area contributed by atoms with Crippen molar-refractivity contribution in [1.29, 1.82) is 0 Å². The molecule has 1 rings (SSSR count). The summed E-state index contributed by atoms with van der Waals surface area (Å²) in [7, 11) is 0. The molecule has 0 aliphatic carbocycles. The summed E-state index contributed by atoms with van der Waals surface area (Å²) < 4.78 is 16.1. The lowest BCUT2D eigenvalue weighted by Crippen LogP contribution is -2.25. The molecule has 0 aromatic rings. The number of hydrogen-bond acceptors (Lipinski definition) is 6. The van der Waals surface area contributed by atoms with E-state index in [1.165, 1.54) is 128 Å². The van der Waals surface area contributed by atoms with Gasteiger partial charge in [0, 0.05) is 12.8 Å². The first kappa shape index (κ1) is 47.1. The van der Waals surface area contributed by atoms with Gasteiger partial charge in [-0.2, -0.15) is 0 Å². The Morgan fingerprint density at radius 2 is 0.882 bits per heavy atom. The third kappa shape index (κ3) is 33.7.